The van der Waals surface area contributed by atoms with Gasteiger partial charge in [-0.1, -0.05) is 19.3 Å². The van der Waals surface area contributed by atoms with Gasteiger partial charge in [-0.3, -0.25) is 0 Å². The Morgan fingerprint density at radius 2 is 1.79 bits per heavy atom. The minimum atomic E-state index is -3.97. The summed E-state index contributed by atoms with van der Waals surface area (Å²) >= 11 is 0. The first kappa shape index (κ1) is 14.4. The van der Waals surface area contributed by atoms with E-state index in [-0.39, 0.29) is 6.04 Å². The number of hydrogen-bond donors (Lipinski definition) is 0. The molecule has 1 aromatic rings. The summed E-state index contributed by atoms with van der Waals surface area (Å²) in [6.07, 6.45) is 4.57. The van der Waals surface area contributed by atoms with Crippen LogP contribution in [0.2, 0.25) is 0 Å². The number of benzene rings is 1. The van der Waals surface area contributed by atoms with Gasteiger partial charge >= 0.3 is 0 Å². The van der Waals surface area contributed by atoms with Gasteiger partial charge in [-0.25, -0.2) is 17.2 Å². The van der Waals surface area contributed by atoms with E-state index in [9.17, 15) is 17.2 Å². The van der Waals surface area contributed by atoms with Crippen LogP contribution in [0, 0.1) is 11.6 Å². The van der Waals surface area contributed by atoms with E-state index in [2.05, 4.69) is 0 Å². The molecule has 19 heavy (non-hydrogen) atoms. The molecule has 0 aliphatic heterocycles. The minimum Gasteiger partial charge on any atom is -0.207 e. The third-order valence-electron chi connectivity index (χ3n) is 3.64. The van der Waals surface area contributed by atoms with Crippen LogP contribution in [-0.2, 0) is 10.0 Å². The highest BCUT2D eigenvalue weighted by atomic mass is 32.2. The Morgan fingerprint density at radius 3 is 2.42 bits per heavy atom. The summed E-state index contributed by atoms with van der Waals surface area (Å²) in [4.78, 5) is -0.583. The molecule has 1 saturated carbocycles. The second-order valence-corrected chi connectivity index (χ2v) is 6.85. The predicted molar refractivity (Wildman–Crippen MR) is 68.2 cm³/mol. The maximum atomic E-state index is 13.6. The van der Waals surface area contributed by atoms with E-state index in [1.165, 1.54) is 11.4 Å². The molecule has 0 aromatic heterocycles. The highest BCUT2D eigenvalue weighted by Gasteiger charge is 2.31. The molecule has 0 atom stereocenters. The summed E-state index contributed by atoms with van der Waals surface area (Å²) in [5.41, 5.74) is 0. The second-order valence-electron chi connectivity index (χ2n) is 4.89. The Labute approximate surface area is 112 Å². The molecular formula is C13H17F2NO2S. The van der Waals surface area contributed by atoms with Gasteiger partial charge in [-0.15, -0.1) is 0 Å². The second kappa shape index (κ2) is 5.54. The molecule has 0 bridgehead atoms. The van der Waals surface area contributed by atoms with Crippen molar-refractivity contribution in [3.63, 3.8) is 0 Å². The summed E-state index contributed by atoms with van der Waals surface area (Å²) in [5.74, 6) is -1.67. The average Bonchev–Trinajstić information content (AvgIpc) is 2.41. The van der Waals surface area contributed by atoms with Crippen molar-refractivity contribution in [2.45, 2.75) is 43.0 Å². The summed E-state index contributed by atoms with van der Waals surface area (Å²) in [7, 11) is -2.53. The van der Waals surface area contributed by atoms with Crippen molar-refractivity contribution in [3.05, 3.63) is 29.8 Å². The molecule has 0 N–H and O–H groups in total. The topological polar surface area (TPSA) is 37.4 Å². The van der Waals surface area contributed by atoms with Crippen LogP contribution in [0.15, 0.2) is 23.1 Å². The lowest BCUT2D eigenvalue weighted by atomic mass is 9.96. The normalized spacial score (nSPS) is 17.9. The Hall–Kier alpha value is -1.01. The zero-order valence-corrected chi connectivity index (χ0v) is 11.6. The molecule has 1 aromatic carbocycles. The molecule has 106 valence electrons. The van der Waals surface area contributed by atoms with E-state index in [0.29, 0.717) is 0 Å². The summed E-state index contributed by atoms with van der Waals surface area (Å²) in [5, 5.41) is 0. The van der Waals surface area contributed by atoms with Crippen molar-refractivity contribution in [2.24, 2.45) is 0 Å². The van der Waals surface area contributed by atoms with Gasteiger partial charge < -0.3 is 0 Å². The van der Waals surface area contributed by atoms with Gasteiger partial charge in [0, 0.05) is 13.1 Å². The minimum absolute atomic E-state index is 0.124. The Morgan fingerprint density at radius 1 is 1.16 bits per heavy atom. The van der Waals surface area contributed by atoms with Crippen LogP contribution < -0.4 is 0 Å². The molecular weight excluding hydrogens is 272 g/mol. The van der Waals surface area contributed by atoms with Gasteiger partial charge in [-0.05, 0) is 31.0 Å². The zero-order chi connectivity index (χ0) is 14.0. The van der Waals surface area contributed by atoms with Crippen LogP contribution >= 0.6 is 0 Å². The standard InChI is InChI=1S/C13H17F2NO2S/c1-16(11-5-3-2-4-6-11)19(17,18)13-9-10(14)7-8-12(13)15/h7-9,11H,2-6H2,1H3. The van der Waals surface area contributed by atoms with E-state index < -0.39 is 26.6 Å². The molecule has 0 radical (unpaired) electrons. The fourth-order valence-electron chi connectivity index (χ4n) is 2.47. The molecule has 0 unspecified atom stereocenters. The van der Waals surface area contributed by atoms with E-state index in [1.807, 2.05) is 0 Å². The maximum Gasteiger partial charge on any atom is 0.246 e. The highest BCUT2D eigenvalue weighted by molar-refractivity contribution is 7.89. The largest absolute Gasteiger partial charge is 0.246 e. The number of halogens is 2. The molecule has 6 heteroatoms. The number of nitrogens with zero attached hydrogens (tertiary/aromatic N) is 1. The first-order valence-electron chi connectivity index (χ1n) is 6.36. The molecule has 0 heterocycles. The first-order valence-corrected chi connectivity index (χ1v) is 7.80. The lowest BCUT2D eigenvalue weighted by molar-refractivity contribution is 0.285. The van der Waals surface area contributed by atoms with Crippen molar-refractivity contribution in [2.75, 3.05) is 7.05 Å². The van der Waals surface area contributed by atoms with Crippen LogP contribution in [0.1, 0.15) is 32.1 Å². The SMILES string of the molecule is CN(C1CCCCC1)S(=O)(=O)c1cc(F)ccc1F. The van der Waals surface area contributed by atoms with E-state index in [4.69, 9.17) is 0 Å². The van der Waals surface area contributed by atoms with Crippen molar-refractivity contribution >= 4 is 10.0 Å². The number of rotatable bonds is 3. The van der Waals surface area contributed by atoms with Crippen LogP contribution in [-0.4, -0.2) is 25.8 Å². The van der Waals surface area contributed by atoms with Crippen LogP contribution in [0.25, 0.3) is 0 Å². The van der Waals surface area contributed by atoms with Gasteiger partial charge in [-0.2, -0.15) is 4.31 Å². The van der Waals surface area contributed by atoms with Gasteiger partial charge in [0.2, 0.25) is 10.0 Å². The lowest BCUT2D eigenvalue weighted by Crippen LogP contribution is -2.38. The molecule has 0 amide bonds. The smallest absolute Gasteiger partial charge is 0.207 e. The number of sulfonamides is 1. The van der Waals surface area contributed by atoms with Crippen molar-refractivity contribution in [1.82, 2.24) is 4.31 Å². The van der Waals surface area contributed by atoms with Crippen molar-refractivity contribution in [1.29, 1.82) is 0 Å². The van der Waals surface area contributed by atoms with E-state index in [1.54, 1.807) is 0 Å². The van der Waals surface area contributed by atoms with Gasteiger partial charge in [0.25, 0.3) is 0 Å². The highest BCUT2D eigenvalue weighted by Crippen LogP contribution is 2.27. The van der Waals surface area contributed by atoms with E-state index >= 15 is 0 Å². The summed E-state index contributed by atoms with van der Waals surface area (Å²) < 4.78 is 52.6. The lowest BCUT2D eigenvalue weighted by Gasteiger charge is -2.30. The summed E-state index contributed by atoms with van der Waals surface area (Å²) in [6.45, 7) is 0. The van der Waals surface area contributed by atoms with Crippen LogP contribution in [0.5, 0.6) is 0 Å². The van der Waals surface area contributed by atoms with Crippen LogP contribution in [0.4, 0.5) is 8.78 Å². The van der Waals surface area contributed by atoms with Gasteiger partial charge in [0.05, 0.1) is 0 Å². The molecule has 2 rings (SSSR count). The molecule has 3 nitrogen and oxygen atoms in total. The maximum absolute atomic E-state index is 13.6. The third kappa shape index (κ3) is 2.95. The number of hydrogen-bond acceptors (Lipinski definition) is 2. The monoisotopic (exact) mass is 289 g/mol. The van der Waals surface area contributed by atoms with Crippen molar-refractivity contribution in [3.8, 4) is 0 Å². The third-order valence-corrected chi connectivity index (χ3v) is 5.56. The molecule has 0 saturated heterocycles. The quantitative estimate of drug-likeness (QED) is 0.858. The fraction of sp³-hybridized carbons (Fsp3) is 0.538. The Kier molecular flexibility index (Phi) is 4.20. The fourth-order valence-corrected chi connectivity index (χ4v) is 3.96. The van der Waals surface area contributed by atoms with Gasteiger partial charge in [0.15, 0.2) is 0 Å². The predicted octanol–water partition coefficient (Wildman–Crippen LogP) is 2.92. The average molecular weight is 289 g/mol. The Balaban J connectivity index is 2.33. The van der Waals surface area contributed by atoms with Crippen molar-refractivity contribution < 1.29 is 17.2 Å². The van der Waals surface area contributed by atoms with Crippen LogP contribution in [0.3, 0.4) is 0 Å². The zero-order valence-electron chi connectivity index (χ0n) is 10.8. The molecule has 1 aliphatic rings. The molecule has 1 fully saturated rings. The Bertz CT molecular complexity index is 554. The van der Waals surface area contributed by atoms with E-state index in [0.717, 1.165) is 50.3 Å². The summed E-state index contributed by atoms with van der Waals surface area (Å²) in [6, 6.07) is 2.37. The molecule has 1 aliphatic carbocycles. The molecule has 0 spiro atoms. The first-order chi connectivity index (χ1) is 8.93. The van der Waals surface area contributed by atoms with Gasteiger partial charge in [0.1, 0.15) is 16.5 Å².